The highest BCUT2D eigenvalue weighted by atomic mass is 19.4. The van der Waals surface area contributed by atoms with Gasteiger partial charge in [-0.05, 0) is 13.3 Å². The van der Waals surface area contributed by atoms with Crippen molar-refractivity contribution in [3.63, 3.8) is 0 Å². The fourth-order valence-corrected chi connectivity index (χ4v) is 1.08. The molecule has 0 rings (SSSR count). The van der Waals surface area contributed by atoms with E-state index < -0.39 is 36.6 Å². The number of hydrogen-bond donors (Lipinski definition) is 0. The topological polar surface area (TPSA) is 52.6 Å². The molecule has 4 nitrogen and oxygen atoms in total. The maximum absolute atomic E-state index is 11.9. The molecule has 0 aliphatic heterocycles. The van der Waals surface area contributed by atoms with Gasteiger partial charge in [-0.25, -0.2) is 0 Å². The van der Waals surface area contributed by atoms with Crippen LogP contribution in [0.3, 0.4) is 0 Å². The van der Waals surface area contributed by atoms with Crippen molar-refractivity contribution in [3.05, 3.63) is 0 Å². The molecule has 0 heterocycles. The van der Waals surface area contributed by atoms with Crippen LogP contribution < -0.4 is 0 Å². The Kier molecular flexibility index (Phi) is 6.86. The lowest BCUT2D eigenvalue weighted by atomic mass is 9.89. The van der Waals surface area contributed by atoms with E-state index in [1.54, 1.807) is 13.8 Å². The number of rotatable bonds is 7. The Morgan fingerprint density at radius 2 is 1.68 bits per heavy atom. The number of carbonyl (C=O) groups excluding carboxylic acids is 2. The first-order valence-electron chi connectivity index (χ1n) is 6.04. The Hall–Kier alpha value is -1.27. The molecule has 0 radical (unpaired) electrons. The molecule has 1 unspecified atom stereocenters. The number of halogens is 3. The van der Waals surface area contributed by atoms with Gasteiger partial charge in [0, 0.05) is 6.42 Å². The first-order valence-corrected chi connectivity index (χ1v) is 6.04. The van der Waals surface area contributed by atoms with E-state index >= 15 is 0 Å². The second-order valence-electron chi connectivity index (χ2n) is 4.43. The highest BCUT2D eigenvalue weighted by molar-refractivity contribution is 5.77. The van der Waals surface area contributed by atoms with Crippen molar-refractivity contribution in [1.29, 1.82) is 0 Å². The maximum Gasteiger partial charge on any atom is 0.392 e. The molecule has 0 N–H and O–H groups in total. The van der Waals surface area contributed by atoms with Gasteiger partial charge in [0.05, 0.1) is 18.4 Å². The third kappa shape index (κ3) is 7.03. The maximum atomic E-state index is 11.9. The fraction of sp³-hybridized carbons (Fsp3) is 0.833. The summed E-state index contributed by atoms with van der Waals surface area (Å²) in [5.41, 5.74) is -1.11. The zero-order valence-corrected chi connectivity index (χ0v) is 11.3. The van der Waals surface area contributed by atoms with Crippen LogP contribution in [0.15, 0.2) is 0 Å². The molecule has 0 saturated carbocycles. The third-order valence-corrected chi connectivity index (χ3v) is 2.73. The molecule has 19 heavy (non-hydrogen) atoms. The van der Waals surface area contributed by atoms with Crippen LogP contribution >= 0.6 is 0 Å². The summed E-state index contributed by atoms with van der Waals surface area (Å²) in [6.07, 6.45) is -5.08. The van der Waals surface area contributed by atoms with Crippen molar-refractivity contribution >= 4 is 11.9 Å². The normalized spacial score (nSPS) is 14.6. The molecule has 1 atom stereocenters. The summed E-state index contributed by atoms with van der Waals surface area (Å²) < 4.78 is 45.2. The van der Waals surface area contributed by atoms with Gasteiger partial charge < -0.3 is 9.47 Å². The second-order valence-corrected chi connectivity index (χ2v) is 4.43. The summed E-state index contributed by atoms with van der Waals surface area (Å²) in [6, 6.07) is 0. The molecule has 0 aliphatic rings. The van der Waals surface area contributed by atoms with Crippen LogP contribution in [-0.2, 0) is 19.1 Å². The minimum absolute atomic E-state index is 0.170. The zero-order valence-electron chi connectivity index (χ0n) is 11.3. The first-order chi connectivity index (χ1) is 8.64. The lowest BCUT2D eigenvalue weighted by Crippen LogP contribution is -2.35. The van der Waals surface area contributed by atoms with Crippen LogP contribution in [0.2, 0.25) is 0 Å². The van der Waals surface area contributed by atoms with Crippen molar-refractivity contribution in [1.82, 2.24) is 0 Å². The molecule has 0 aliphatic carbocycles. The summed E-state index contributed by atoms with van der Waals surface area (Å²) in [4.78, 5) is 22.7. The van der Waals surface area contributed by atoms with Crippen molar-refractivity contribution in [2.75, 3.05) is 13.2 Å². The largest absolute Gasteiger partial charge is 0.465 e. The van der Waals surface area contributed by atoms with Crippen molar-refractivity contribution in [3.8, 4) is 0 Å². The zero-order chi connectivity index (χ0) is 15.1. The van der Waals surface area contributed by atoms with E-state index in [0.29, 0.717) is 6.42 Å². The van der Waals surface area contributed by atoms with Gasteiger partial charge >= 0.3 is 18.1 Å². The highest BCUT2D eigenvalue weighted by Crippen LogP contribution is 2.25. The number of ether oxygens (including phenoxy) is 2. The minimum atomic E-state index is -4.36. The van der Waals surface area contributed by atoms with E-state index in [-0.39, 0.29) is 13.0 Å². The Morgan fingerprint density at radius 3 is 2.11 bits per heavy atom. The Morgan fingerprint density at radius 1 is 1.11 bits per heavy atom. The third-order valence-electron chi connectivity index (χ3n) is 2.73. The molecular weight excluding hydrogens is 265 g/mol. The number of carbonyl (C=O) groups is 2. The Labute approximate surface area is 110 Å². The van der Waals surface area contributed by atoms with E-state index in [9.17, 15) is 22.8 Å². The van der Waals surface area contributed by atoms with E-state index in [0.717, 1.165) is 0 Å². The predicted molar refractivity (Wildman–Crippen MR) is 61.3 cm³/mol. The van der Waals surface area contributed by atoms with Crippen LogP contribution in [0, 0.1) is 5.41 Å². The van der Waals surface area contributed by atoms with Gasteiger partial charge in [0.25, 0.3) is 0 Å². The summed E-state index contributed by atoms with van der Waals surface area (Å²) in [5, 5.41) is 0. The molecule has 0 amide bonds. The van der Waals surface area contributed by atoms with E-state index in [2.05, 4.69) is 4.74 Å². The van der Waals surface area contributed by atoms with E-state index in [1.165, 1.54) is 6.92 Å². The lowest BCUT2D eigenvalue weighted by molar-refractivity contribution is -0.171. The van der Waals surface area contributed by atoms with Gasteiger partial charge in [-0.2, -0.15) is 13.2 Å². The van der Waals surface area contributed by atoms with Crippen molar-refractivity contribution in [2.24, 2.45) is 5.41 Å². The van der Waals surface area contributed by atoms with Crippen LogP contribution in [0.4, 0.5) is 13.2 Å². The van der Waals surface area contributed by atoms with Gasteiger partial charge in [0.15, 0.2) is 0 Å². The first kappa shape index (κ1) is 17.7. The number of alkyl halides is 3. The van der Waals surface area contributed by atoms with Gasteiger partial charge in [-0.1, -0.05) is 13.8 Å². The number of hydrogen-bond acceptors (Lipinski definition) is 4. The van der Waals surface area contributed by atoms with E-state index in [1.807, 2.05) is 0 Å². The molecule has 0 aromatic rings. The average molecular weight is 284 g/mol. The summed E-state index contributed by atoms with van der Waals surface area (Å²) in [5.74, 6) is -1.26. The smallest absolute Gasteiger partial charge is 0.392 e. The van der Waals surface area contributed by atoms with Gasteiger partial charge in [-0.15, -0.1) is 0 Å². The second kappa shape index (κ2) is 7.35. The molecule has 0 bridgehead atoms. The van der Waals surface area contributed by atoms with Gasteiger partial charge in [0.1, 0.15) is 6.61 Å². The van der Waals surface area contributed by atoms with Crippen molar-refractivity contribution < 1.29 is 32.2 Å². The lowest BCUT2D eigenvalue weighted by Gasteiger charge is -2.25. The highest BCUT2D eigenvalue weighted by Gasteiger charge is 2.36. The predicted octanol–water partition coefficient (Wildman–Crippen LogP) is 2.85. The summed E-state index contributed by atoms with van der Waals surface area (Å²) in [7, 11) is 0. The van der Waals surface area contributed by atoms with Crippen LogP contribution in [-0.4, -0.2) is 31.3 Å². The minimum Gasteiger partial charge on any atom is -0.465 e. The molecule has 112 valence electrons. The van der Waals surface area contributed by atoms with Crippen LogP contribution in [0.1, 0.15) is 40.0 Å². The van der Waals surface area contributed by atoms with E-state index in [4.69, 9.17) is 4.74 Å². The molecule has 0 spiro atoms. The average Bonchev–Trinajstić information content (AvgIpc) is 2.33. The molecule has 0 saturated heterocycles. The van der Waals surface area contributed by atoms with Crippen molar-refractivity contribution in [2.45, 2.75) is 46.2 Å². The standard InChI is InChI=1S/C12H19F3O4/c1-4-9(16)19-8-11(3,5-2)10(17)18-7-6-12(13,14)15/h4-8H2,1-3H3. The SMILES string of the molecule is CCC(=O)OCC(C)(CC)C(=O)OCCC(F)(F)F. The Balaban J connectivity index is 4.32. The van der Waals surface area contributed by atoms with Gasteiger partial charge in [0.2, 0.25) is 0 Å². The molecule has 0 aromatic carbocycles. The molecular formula is C12H19F3O4. The summed E-state index contributed by atoms with van der Waals surface area (Å²) in [6.45, 7) is 3.85. The fourth-order valence-electron chi connectivity index (χ4n) is 1.08. The van der Waals surface area contributed by atoms with Gasteiger partial charge in [-0.3, -0.25) is 9.59 Å². The van der Waals surface area contributed by atoms with Crippen LogP contribution in [0.5, 0.6) is 0 Å². The monoisotopic (exact) mass is 284 g/mol. The molecule has 0 fully saturated rings. The molecule has 7 heteroatoms. The Bertz CT molecular complexity index is 315. The summed E-state index contributed by atoms with van der Waals surface area (Å²) >= 11 is 0. The number of esters is 2. The quantitative estimate of drug-likeness (QED) is 0.675. The van der Waals surface area contributed by atoms with Crippen LogP contribution in [0.25, 0.3) is 0 Å². The molecule has 0 aromatic heterocycles.